The van der Waals surface area contributed by atoms with E-state index in [4.69, 9.17) is 19.2 Å². The van der Waals surface area contributed by atoms with Crippen LogP contribution >= 0.6 is 0 Å². The van der Waals surface area contributed by atoms with Crippen LogP contribution in [0.15, 0.2) is 0 Å². The van der Waals surface area contributed by atoms with Crippen molar-refractivity contribution in [3.8, 4) is 11.5 Å². The molecule has 0 spiro atoms. The summed E-state index contributed by atoms with van der Waals surface area (Å²) in [7, 11) is -4.10. The van der Waals surface area contributed by atoms with Crippen molar-refractivity contribution in [1.29, 1.82) is 0 Å². The molecule has 1 aromatic rings. The number of anilines is 2. The van der Waals surface area contributed by atoms with Crippen molar-refractivity contribution in [2.24, 2.45) is 0 Å². The second kappa shape index (κ2) is 4.78. The van der Waals surface area contributed by atoms with E-state index < -0.39 is 10.4 Å². The molecule has 0 fully saturated rings. The molecule has 106 valence electrons. The maximum atomic E-state index is 11.4. The number of aliphatic hydroxyl groups is 1. The molecule has 0 atom stereocenters. The minimum atomic E-state index is -4.10. The third-order valence-corrected chi connectivity index (χ3v) is 3.66. The molecule has 2 rings (SSSR count). The van der Waals surface area contributed by atoms with Crippen molar-refractivity contribution < 1.29 is 21.9 Å². The van der Waals surface area contributed by atoms with Crippen LogP contribution in [0.3, 0.4) is 0 Å². The molecule has 0 unspecified atom stereocenters. The fourth-order valence-corrected chi connectivity index (χ4v) is 2.83. The molecule has 1 aromatic carbocycles. The average molecular weight is 288 g/mol. The van der Waals surface area contributed by atoms with E-state index in [0.717, 1.165) is 5.56 Å². The molecule has 0 aliphatic carbocycles. The Bertz CT molecular complexity index is 612. The second-order valence-corrected chi connectivity index (χ2v) is 5.28. The van der Waals surface area contributed by atoms with Gasteiger partial charge in [-0.15, -0.1) is 8.42 Å². The topological polar surface area (TPSA) is 111 Å². The number of fused-ring (bicyclic) bond motifs is 1. The first-order valence-corrected chi connectivity index (χ1v) is 7.18. The normalized spacial score (nSPS) is 15.5. The molecular formula is C11H16N2O5S. The maximum Gasteiger partial charge on any atom is 0.501 e. The van der Waals surface area contributed by atoms with Gasteiger partial charge < -0.3 is 24.5 Å². The highest BCUT2D eigenvalue weighted by atomic mass is 32.3. The minimum Gasteiger partial charge on any atom is -0.396 e. The van der Waals surface area contributed by atoms with Gasteiger partial charge in [0.25, 0.3) is 0 Å². The van der Waals surface area contributed by atoms with Crippen LogP contribution in [-0.2, 0) is 16.8 Å². The van der Waals surface area contributed by atoms with Crippen LogP contribution in [0, 0.1) is 6.92 Å². The Morgan fingerprint density at radius 3 is 2.53 bits per heavy atom. The van der Waals surface area contributed by atoms with Gasteiger partial charge in [0.2, 0.25) is 11.5 Å². The molecule has 4 N–H and O–H groups in total. The van der Waals surface area contributed by atoms with E-state index in [-0.39, 0.29) is 23.8 Å². The monoisotopic (exact) mass is 288 g/mol. The van der Waals surface area contributed by atoms with Crippen LogP contribution in [-0.4, -0.2) is 26.7 Å². The van der Waals surface area contributed by atoms with Crippen LogP contribution in [0.2, 0.25) is 0 Å². The van der Waals surface area contributed by atoms with Gasteiger partial charge >= 0.3 is 10.4 Å². The van der Waals surface area contributed by atoms with E-state index in [1.165, 1.54) is 0 Å². The van der Waals surface area contributed by atoms with Crippen molar-refractivity contribution in [2.45, 2.75) is 20.3 Å². The number of aliphatic hydroxyl groups excluding tert-OH is 1. The smallest absolute Gasteiger partial charge is 0.396 e. The predicted octanol–water partition coefficient (Wildman–Crippen LogP) is 0.560. The Balaban J connectivity index is 2.70. The summed E-state index contributed by atoms with van der Waals surface area (Å²) in [4.78, 5) is 0. The van der Waals surface area contributed by atoms with Gasteiger partial charge in [-0.1, -0.05) is 0 Å². The zero-order chi connectivity index (χ0) is 14.2. The molecule has 1 heterocycles. The van der Waals surface area contributed by atoms with E-state index in [1.54, 1.807) is 6.92 Å². The number of hydrogen-bond donors (Lipinski definition) is 3. The lowest BCUT2D eigenvalue weighted by Gasteiger charge is -2.16. The summed E-state index contributed by atoms with van der Waals surface area (Å²) in [5.74, 6) is 0.0727. The van der Waals surface area contributed by atoms with E-state index in [9.17, 15) is 8.42 Å². The molecule has 0 aromatic heterocycles. The summed E-state index contributed by atoms with van der Waals surface area (Å²) >= 11 is 0. The lowest BCUT2D eigenvalue weighted by atomic mass is 10.00. The van der Waals surface area contributed by atoms with E-state index >= 15 is 0 Å². The van der Waals surface area contributed by atoms with Gasteiger partial charge in [-0.25, -0.2) is 0 Å². The van der Waals surface area contributed by atoms with Crippen molar-refractivity contribution in [2.75, 3.05) is 24.2 Å². The molecule has 7 nitrogen and oxygen atoms in total. The summed E-state index contributed by atoms with van der Waals surface area (Å²) in [5, 5.41) is 12.2. The standard InChI is InChI=1S/C11H16N2O5S/c1-3-13-9-7(4-5-14)6(2)8(12)10-11(9)18-19(15,16)17-10/h13-14H,3-5,12H2,1-2H3. The summed E-state index contributed by atoms with van der Waals surface area (Å²) in [6, 6.07) is 0. The van der Waals surface area contributed by atoms with Crippen molar-refractivity contribution in [3.63, 3.8) is 0 Å². The Hall–Kier alpha value is -1.67. The van der Waals surface area contributed by atoms with Gasteiger partial charge in [-0.3, -0.25) is 0 Å². The van der Waals surface area contributed by atoms with Gasteiger partial charge in [0.1, 0.15) is 0 Å². The Morgan fingerprint density at radius 1 is 1.32 bits per heavy atom. The number of nitrogens with two attached hydrogens (primary N) is 1. The number of benzene rings is 1. The minimum absolute atomic E-state index is 0.00939. The zero-order valence-corrected chi connectivity index (χ0v) is 11.5. The van der Waals surface area contributed by atoms with Crippen LogP contribution in [0.25, 0.3) is 0 Å². The van der Waals surface area contributed by atoms with Crippen molar-refractivity contribution in [1.82, 2.24) is 0 Å². The number of nitrogens with one attached hydrogen (secondary N) is 1. The SMILES string of the molecule is CCNc1c(CCO)c(C)c(N)c2c1OS(=O)(=O)O2. The van der Waals surface area contributed by atoms with Crippen molar-refractivity contribution >= 4 is 21.8 Å². The van der Waals surface area contributed by atoms with Gasteiger partial charge in [0, 0.05) is 13.2 Å². The van der Waals surface area contributed by atoms with Crippen LogP contribution in [0.4, 0.5) is 11.4 Å². The third-order valence-electron chi connectivity index (χ3n) is 2.92. The molecule has 0 saturated carbocycles. The van der Waals surface area contributed by atoms with Crippen LogP contribution in [0.1, 0.15) is 18.1 Å². The number of rotatable bonds is 4. The fraction of sp³-hybridized carbons (Fsp3) is 0.455. The first kappa shape index (κ1) is 13.8. The highest BCUT2D eigenvalue weighted by molar-refractivity contribution is 7.82. The molecule has 0 radical (unpaired) electrons. The highest BCUT2D eigenvalue weighted by Gasteiger charge is 2.35. The summed E-state index contributed by atoms with van der Waals surface area (Å²) < 4.78 is 32.4. The lowest BCUT2D eigenvalue weighted by Crippen LogP contribution is -2.09. The molecule has 1 aliphatic heterocycles. The predicted molar refractivity (Wildman–Crippen MR) is 70.7 cm³/mol. The molecule has 19 heavy (non-hydrogen) atoms. The quantitative estimate of drug-likeness (QED) is 0.694. The van der Waals surface area contributed by atoms with Gasteiger partial charge in [-0.05, 0) is 31.4 Å². The summed E-state index contributed by atoms with van der Waals surface area (Å²) in [6.45, 7) is 4.10. The largest absolute Gasteiger partial charge is 0.501 e. The first-order valence-electron chi connectivity index (χ1n) is 5.84. The van der Waals surface area contributed by atoms with E-state index in [2.05, 4.69) is 5.32 Å². The number of nitrogen functional groups attached to an aromatic ring is 1. The lowest BCUT2D eigenvalue weighted by molar-refractivity contribution is 0.299. The Morgan fingerprint density at radius 2 is 1.95 bits per heavy atom. The molecule has 0 amide bonds. The first-order chi connectivity index (χ1) is 8.91. The molecule has 0 bridgehead atoms. The summed E-state index contributed by atoms with van der Waals surface area (Å²) in [5.41, 5.74) is 7.98. The van der Waals surface area contributed by atoms with Gasteiger partial charge in [0.15, 0.2) is 0 Å². The maximum absolute atomic E-state index is 11.4. The van der Waals surface area contributed by atoms with Gasteiger partial charge in [0.05, 0.1) is 11.4 Å². The molecule has 0 saturated heterocycles. The molecular weight excluding hydrogens is 272 g/mol. The number of hydrogen-bond acceptors (Lipinski definition) is 7. The molecule has 8 heteroatoms. The Labute approximate surface area is 111 Å². The van der Waals surface area contributed by atoms with E-state index in [1.807, 2.05) is 6.92 Å². The fourth-order valence-electron chi connectivity index (χ4n) is 2.06. The second-order valence-electron chi connectivity index (χ2n) is 4.13. The van der Waals surface area contributed by atoms with Crippen LogP contribution < -0.4 is 19.4 Å². The van der Waals surface area contributed by atoms with Crippen molar-refractivity contribution in [3.05, 3.63) is 11.1 Å². The van der Waals surface area contributed by atoms with E-state index in [0.29, 0.717) is 24.2 Å². The highest BCUT2D eigenvalue weighted by Crippen LogP contribution is 2.50. The van der Waals surface area contributed by atoms with Crippen LogP contribution in [0.5, 0.6) is 11.5 Å². The molecule has 1 aliphatic rings. The Kier molecular flexibility index (Phi) is 3.46. The third kappa shape index (κ3) is 2.28. The van der Waals surface area contributed by atoms with Gasteiger partial charge in [-0.2, -0.15) is 0 Å². The zero-order valence-electron chi connectivity index (χ0n) is 10.7. The average Bonchev–Trinajstić information content (AvgIpc) is 2.67. The summed E-state index contributed by atoms with van der Waals surface area (Å²) in [6.07, 6.45) is 0.342.